The van der Waals surface area contributed by atoms with Crippen LogP contribution in [0, 0.1) is 6.92 Å². The number of aromatic nitrogens is 1. The van der Waals surface area contributed by atoms with Crippen LogP contribution in [0.25, 0.3) is 0 Å². The first-order valence-electron chi connectivity index (χ1n) is 7.56. The molecule has 1 aromatic rings. The van der Waals surface area contributed by atoms with Crippen molar-refractivity contribution in [3.05, 3.63) is 23.4 Å². The minimum atomic E-state index is -2.89. The Morgan fingerprint density at radius 3 is 2.86 bits per heavy atom. The SMILES string of the molecule is CCCNCc1cnc(N2CCS(=O)(=O)CC2C)c(C)c1. The molecule has 1 aromatic heterocycles. The zero-order chi connectivity index (χ0) is 15.5. The van der Waals surface area contributed by atoms with Crippen molar-refractivity contribution in [1.29, 1.82) is 0 Å². The Balaban J connectivity index is 2.10. The highest BCUT2D eigenvalue weighted by Gasteiger charge is 2.29. The molecule has 1 atom stereocenters. The zero-order valence-corrected chi connectivity index (χ0v) is 13.9. The molecule has 6 heteroatoms. The van der Waals surface area contributed by atoms with E-state index in [0.717, 1.165) is 30.9 Å². The molecule has 0 bridgehead atoms. The normalized spacial score (nSPS) is 21.5. The van der Waals surface area contributed by atoms with Gasteiger partial charge in [0.1, 0.15) is 5.82 Å². The van der Waals surface area contributed by atoms with Crippen LogP contribution in [0.15, 0.2) is 12.3 Å². The number of hydrogen-bond donors (Lipinski definition) is 1. The Labute approximate surface area is 127 Å². The zero-order valence-electron chi connectivity index (χ0n) is 13.1. The van der Waals surface area contributed by atoms with Crippen LogP contribution >= 0.6 is 0 Å². The Hall–Kier alpha value is -1.14. The van der Waals surface area contributed by atoms with E-state index >= 15 is 0 Å². The molecule has 0 radical (unpaired) electrons. The van der Waals surface area contributed by atoms with Gasteiger partial charge in [0.05, 0.1) is 11.5 Å². The van der Waals surface area contributed by atoms with E-state index in [2.05, 4.69) is 28.2 Å². The standard InChI is InChI=1S/C15H25N3O2S/c1-4-5-16-9-14-8-12(2)15(17-10-14)18-6-7-21(19,20)11-13(18)3/h8,10,13,16H,4-7,9,11H2,1-3H3. The number of nitrogens with zero attached hydrogens (tertiary/aromatic N) is 2. The maximum Gasteiger partial charge on any atom is 0.154 e. The van der Waals surface area contributed by atoms with Gasteiger partial charge < -0.3 is 10.2 Å². The van der Waals surface area contributed by atoms with Crippen LogP contribution in [0.1, 0.15) is 31.4 Å². The van der Waals surface area contributed by atoms with Gasteiger partial charge in [0.2, 0.25) is 0 Å². The van der Waals surface area contributed by atoms with Gasteiger partial charge in [0.25, 0.3) is 0 Å². The van der Waals surface area contributed by atoms with Crippen molar-refractivity contribution in [2.45, 2.75) is 39.8 Å². The lowest BCUT2D eigenvalue weighted by molar-refractivity contribution is 0.566. The maximum atomic E-state index is 11.7. The van der Waals surface area contributed by atoms with Gasteiger partial charge >= 0.3 is 0 Å². The molecule has 0 aromatic carbocycles. The molecule has 118 valence electrons. The largest absolute Gasteiger partial charge is 0.352 e. The fourth-order valence-corrected chi connectivity index (χ4v) is 4.30. The van der Waals surface area contributed by atoms with E-state index in [-0.39, 0.29) is 17.5 Å². The van der Waals surface area contributed by atoms with Crippen LogP contribution < -0.4 is 10.2 Å². The van der Waals surface area contributed by atoms with E-state index in [1.807, 2.05) is 20.0 Å². The highest BCUT2D eigenvalue weighted by Crippen LogP contribution is 2.23. The van der Waals surface area contributed by atoms with Crippen LogP contribution in [0.3, 0.4) is 0 Å². The van der Waals surface area contributed by atoms with E-state index in [1.54, 1.807) is 0 Å². The van der Waals surface area contributed by atoms with Crippen molar-refractivity contribution in [2.75, 3.05) is 29.5 Å². The minimum Gasteiger partial charge on any atom is -0.352 e. The van der Waals surface area contributed by atoms with Gasteiger partial charge in [-0.1, -0.05) is 6.92 Å². The van der Waals surface area contributed by atoms with Gasteiger partial charge in [0, 0.05) is 25.3 Å². The molecule has 21 heavy (non-hydrogen) atoms. The summed E-state index contributed by atoms with van der Waals surface area (Å²) in [6, 6.07) is 2.12. The van der Waals surface area contributed by atoms with E-state index in [9.17, 15) is 8.42 Å². The van der Waals surface area contributed by atoms with Crippen molar-refractivity contribution in [2.24, 2.45) is 0 Å². The minimum absolute atomic E-state index is 0.0148. The lowest BCUT2D eigenvalue weighted by Crippen LogP contribution is -2.47. The fourth-order valence-electron chi connectivity index (χ4n) is 2.75. The van der Waals surface area contributed by atoms with E-state index in [0.29, 0.717) is 6.54 Å². The third-order valence-corrected chi connectivity index (χ3v) is 5.60. The molecule has 1 saturated heterocycles. The lowest BCUT2D eigenvalue weighted by atomic mass is 10.1. The molecule has 1 aliphatic heterocycles. The molecule has 0 amide bonds. The molecule has 0 saturated carbocycles. The number of nitrogens with one attached hydrogen (secondary N) is 1. The third kappa shape index (κ3) is 4.17. The van der Waals surface area contributed by atoms with Gasteiger partial charge in [-0.2, -0.15) is 0 Å². The Bertz CT molecular complexity index is 587. The fraction of sp³-hybridized carbons (Fsp3) is 0.667. The van der Waals surface area contributed by atoms with Gasteiger partial charge in [-0.3, -0.25) is 0 Å². The summed E-state index contributed by atoms with van der Waals surface area (Å²) in [5.74, 6) is 1.35. The number of anilines is 1. The maximum absolute atomic E-state index is 11.7. The van der Waals surface area contributed by atoms with Gasteiger partial charge in [-0.05, 0) is 44.0 Å². The summed E-state index contributed by atoms with van der Waals surface area (Å²) in [7, 11) is -2.89. The average molecular weight is 311 g/mol. The molecule has 1 N–H and O–H groups in total. The first-order valence-corrected chi connectivity index (χ1v) is 9.38. The van der Waals surface area contributed by atoms with Gasteiger partial charge in [-0.25, -0.2) is 13.4 Å². The second kappa shape index (κ2) is 6.75. The summed E-state index contributed by atoms with van der Waals surface area (Å²) < 4.78 is 23.3. The van der Waals surface area contributed by atoms with Crippen LogP contribution in [0.4, 0.5) is 5.82 Å². The summed E-state index contributed by atoms with van der Waals surface area (Å²) in [6.07, 6.45) is 3.01. The predicted octanol–water partition coefficient (Wildman–Crippen LogP) is 1.51. The second-order valence-electron chi connectivity index (χ2n) is 5.82. The molecule has 0 spiro atoms. The molecule has 1 unspecified atom stereocenters. The molecule has 2 rings (SSSR count). The number of hydrogen-bond acceptors (Lipinski definition) is 5. The summed E-state index contributed by atoms with van der Waals surface area (Å²) in [6.45, 7) is 8.50. The van der Waals surface area contributed by atoms with Crippen molar-refractivity contribution in [1.82, 2.24) is 10.3 Å². The van der Waals surface area contributed by atoms with Crippen molar-refractivity contribution < 1.29 is 8.42 Å². The van der Waals surface area contributed by atoms with Gasteiger partial charge in [-0.15, -0.1) is 0 Å². The van der Waals surface area contributed by atoms with Crippen molar-refractivity contribution >= 4 is 15.7 Å². The number of pyridine rings is 1. The van der Waals surface area contributed by atoms with E-state index in [4.69, 9.17) is 0 Å². The quantitative estimate of drug-likeness (QED) is 0.835. The van der Waals surface area contributed by atoms with Crippen molar-refractivity contribution in [3.63, 3.8) is 0 Å². The molecule has 1 aliphatic rings. The number of rotatable bonds is 5. The molecular formula is C15H25N3O2S. The van der Waals surface area contributed by atoms with Crippen molar-refractivity contribution in [3.8, 4) is 0 Å². The average Bonchev–Trinajstić information content (AvgIpc) is 2.39. The van der Waals surface area contributed by atoms with Crippen LogP contribution in [0.5, 0.6) is 0 Å². The smallest absolute Gasteiger partial charge is 0.154 e. The summed E-state index contributed by atoms with van der Waals surface area (Å²) in [5, 5.41) is 3.36. The van der Waals surface area contributed by atoms with E-state index < -0.39 is 9.84 Å². The summed E-state index contributed by atoms with van der Waals surface area (Å²) in [4.78, 5) is 6.68. The molecular weight excluding hydrogens is 286 g/mol. The third-order valence-electron chi connectivity index (χ3n) is 3.81. The second-order valence-corrected chi connectivity index (χ2v) is 8.05. The first-order chi connectivity index (χ1) is 9.93. The summed E-state index contributed by atoms with van der Waals surface area (Å²) in [5.41, 5.74) is 2.28. The number of aryl methyl sites for hydroxylation is 1. The van der Waals surface area contributed by atoms with Crippen LogP contribution in [-0.4, -0.2) is 44.0 Å². The molecule has 5 nitrogen and oxygen atoms in total. The van der Waals surface area contributed by atoms with Gasteiger partial charge in [0.15, 0.2) is 9.84 Å². The highest BCUT2D eigenvalue weighted by atomic mass is 32.2. The van der Waals surface area contributed by atoms with Crippen LogP contribution in [0.2, 0.25) is 0 Å². The van der Waals surface area contributed by atoms with E-state index in [1.165, 1.54) is 5.56 Å². The molecule has 1 fully saturated rings. The first kappa shape index (κ1) is 16.2. The van der Waals surface area contributed by atoms with Crippen LogP contribution in [-0.2, 0) is 16.4 Å². The number of sulfone groups is 1. The predicted molar refractivity (Wildman–Crippen MR) is 86.4 cm³/mol. The molecule has 0 aliphatic carbocycles. The summed E-state index contributed by atoms with van der Waals surface area (Å²) >= 11 is 0. The topological polar surface area (TPSA) is 62.3 Å². The Kier molecular flexibility index (Phi) is 5.22. The molecule has 2 heterocycles. The Morgan fingerprint density at radius 2 is 2.24 bits per heavy atom. The monoisotopic (exact) mass is 311 g/mol. The Morgan fingerprint density at radius 1 is 1.48 bits per heavy atom. The lowest BCUT2D eigenvalue weighted by Gasteiger charge is -2.35. The highest BCUT2D eigenvalue weighted by molar-refractivity contribution is 7.91.